The molecule has 8 N–H and O–H groups in total. The smallest absolute Gasteiger partial charge is 0.164 e. The summed E-state index contributed by atoms with van der Waals surface area (Å²) in [5.74, 6) is -0.780. The van der Waals surface area contributed by atoms with E-state index in [0.717, 1.165) is 34.6 Å². The zero-order valence-corrected chi connectivity index (χ0v) is 50.1. The van der Waals surface area contributed by atoms with Crippen LogP contribution in [0, 0.1) is 10.7 Å². The van der Waals surface area contributed by atoms with Gasteiger partial charge in [-0.2, -0.15) is 0 Å². The topological polar surface area (TPSA) is 313 Å². The van der Waals surface area contributed by atoms with Gasteiger partial charge in [-0.1, -0.05) is 48.7 Å². The third kappa shape index (κ3) is 11.3. The van der Waals surface area contributed by atoms with Crippen molar-refractivity contribution in [3.8, 4) is 0 Å². The number of hydrogen-bond acceptors (Lipinski definition) is 21. The van der Waals surface area contributed by atoms with Crippen molar-refractivity contribution in [1.29, 1.82) is 0 Å². The van der Waals surface area contributed by atoms with Crippen LogP contribution in [0.5, 0.6) is 0 Å². The standard InChI is InChI=1S/C15H17ClIN3O3.C11H11ClIN3O4.C11H13IN4O4.C9H15ClO3/c1-4-8-10-11(23-15(2,3)22-10)14(21-8)20-5-7(17)9-12(16)18-6-19-13(9)20;12-9-6-4(13)1-16(10(6)15-3-14-9)11-8(19)7(18)5(2-17)20-11;12-4-1-16(10-6(4)9(13)14-3-15-10)11-8(19)7(18)5(2-17)20-11;1-4-5-6-7(8(10)11-5)13-9(2,3)12-6/h5-6,8,10-11,14H,4H2,1-3H3;1,3,5,7-8,11,17-19H,2H2;1,3,5,7-8,11,17-19H,2H2,(H2,13,14,15);5-8H,4H2,1-3H3/t8-,10?,11+,14-;2*5-,7?,8+,11-;5-,6?,7+,8+/m1111/s1. The summed E-state index contributed by atoms with van der Waals surface area (Å²) in [6, 6.07) is 0. The van der Waals surface area contributed by atoms with Crippen LogP contribution in [0.25, 0.3) is 33.1 Å². The number of anilines is 1. The molecule has 0 spiro atoms. The summed E-state index contributed by atoms with van der Waals surface area (Å²) >= 11 is 24.7. The number of nitrogens with two attached hydrogens (primary N) is 1. The Morgan fingerprint density at radius 1 is 0.526 bits per heavy atom. The molecule has 76 heavy (non-hydrogen) atoms. The van der Waals surface area contributed by atoms with Gasteiger partial charge in [0.1, 0.15) is 113 Å². The quantitative estimate of drug-likeness (QED) is 0.0633. The third-order valence-electron chi connectivity index (χ3n) is 13.5. The van der Waals surface area contributed by atoms with Crippen molar-refractivity contribution in [1.82, 2.24) is 43.6 Å². The molecule has 6 fully saturated rings. The van der Waals surface area contributed by atoms with Crippen LogP contribution in [0.1, 0.15) is 73.1 Å². The second kappa shape index (κ2) is 23.6. The number of halogens is 6. The maximum absolute atomic E-state index is 10.1. The Balaban J connectivity index is 0.000000126. The number of rotatable bonds is 7. The Kier molecular flexibility index (Phi) is 18.2. The Morgan fingerprint density at radius 2 is 0.895 bits per heavy atom. The first kappa shape index (κ1) is 58.8. The zero-order valence-electron chi connectivity index (χ0n) is 41.3. The van der Waals surface area contributed by atoms with Gasteiger partial charge in [-0.05, 0) is 108 Å². The van der Waals surface area contributed by atoms with Crippen molar-refractivity contribution >= 4 is 141 Å². The highest BCUT2D eigenvalue weighted by molar-refractivity contribution is 14.1. The summed E-state index contributed by atoms with van der Waals surface area (Å²) in [4.78, 5) is 24.6. The molecule has 6 aromatic rings. The molecule has 416 valence electrons. The average Bonchev–Trinajstić information content (AvgIpc) is 4.31. The van der Waals surface area contributed by atoms with Crippen molar-refractivity contribution in [2.75, 3.05) is 18.9 Å². The molecule has 6 aliphatic heterocycles. The van der Waals surface area contributed by atoms with E-state index in [1.54, 1.807) is 21.5 Å². The number of hydrogen-bond donors (Lipinski definition) is 7. The molecular weight excluding hydrogens is 1400 g/mol. The number of aromatic nitrogens is 9. The van der Waals surface area contributed by atoms with E-state index < -0.39 is 60.7 Å². The first-order chi connectivity index (χ1) is 36.0. The molecule has 30 heteroatoms. The average molecular weight is 1460 g/mol. The van der Waals surface area contributed by atoms with E-state index >= 15 is 0 Å². The Morgan fingerprint density at radius 3 is 1.34 bits per heavy atom. The molecule has 6 aliphatic rings. The fraction of sp³-hybridized carbons (Fsp3) is 0.609. The highest BCUT2D eigenvalue weighted by Crippen LogP contribution is 2.46. The lowest BCUT2D eigenvalue weighted by Gasteiger charge is -2.24. The normalized spacial score (nSPS) is 34.0. The van der Waals surface area contributed by atoms with Crippen LogP contribution >= 0.6 is 103 Å². The van der Waals surface area contributed by atoms with Gasteiger partial charge >= 0.3 is 0 Å². The van der Waals surface area contributed by atoms with Crippen LogP contribution in [0.4, 0.5) is 5.82 Å². The van der Waals surface area contributed by atoms with Gasteiger partial charge in [0.2, 0.25) is 0 Å². The summed E-state index contributed by atoms with van der Waals surface area (Å²) in [5.41, 5.74) is 7.23. The van der Waals surface area contributed by atoms with Crippen LogP contribution in [0.2, 0.25) is 10.3 Å². The van der Waals surface area contributed by atoms with E-state index in [-0.39, 0.29) is 61.6 Å². The molecule has 0 amide bonds. The molecule has 0 radical (unpaired) electrons. The van der Waals surface area contributed by atoms with E-state index in [9.17, 15) is 20.4 Å². The lowest BCUT2D eigenvalue weighted by molar-refractivity contribution is -0.196. The minimum atomic E-state index is -1.16. The van der Waals surface area contributed by atoms with Crippen LogP contribution < -0.4 is 5.73 Å². The first-order valence-electron chi connectivity index (χ1n) is 24.0. The molecule has 0 aromatic carbocycles. The largest absolute Gasteiger partial charge is 0.394 e. The summed E-state index contributed by atoms with van der Waals surface area (Å²) in [7, 11) is 0. The molecule has 0 saturated carbocycles. The summed E-state index contributed by atoms with van der Waals surface area (Å²) in [6.45, 7) is 11.1. The number of nitrogens with zero attached hydrogens (tertiary/aromatic N) is 9. The molecule has 6 aromatic heterocycles. The van der Waals surface area contributed by atoms with E-state index in [4.69, 9.17) is 88.6 Å². The molecule has 0 aliphatic carbocycles. The lowest BCUT2D eigenvalue weighted by atomic mass is 10.1. The molecule has 12 rings (SSSR count). The maximum atomic E-state index is 10.1. The SMILES string of the molecule is CC[C@H]1O[C@@H](n2cc(I)c3c(Cl)ncnc32)[C@H]2OC(C)(C)OC12.CC[C@H]1O[C@H](Cl)[C@H]2OC(C)(C)OC12.Nc1ncnc2c1c(I)cn2[C@@H]1O[C@H](CO)C(O)[C@@H]1O.OC[C@H]1O[C@@H](n2cc(I)c3c(Cl)ncnc32)[C@@H](O)C1O. The summed E-state index contributed by atoms with van der Waals surface area (Å²) in [5, 5.41) is 60.9. The molecular formula is C46H56Cl3I3N10O14. The summed E-state index contributed by atoms with van der Waals surface area (Å²) in [6.07, 6.45) is 2.78. The molecule has 4 unspecified atom stereocenters. The number of aliphatic hydroxyl groups excluding tert-OH is 6. The number of nitrogen functional groups attached to an aromatic ring is 1. The van der Waals surface area contributed by atoms with Crippen molar-refractivity contribution in [3.63, 3.8) is 0 Å². The monoisotopic (exact) mass is 1460 g/mol. The van der Waals surface area contributed by atoms with Crippen molar-refractivity contribution in [2.24, 2.45) is 0 Å². The van der Waals surface area contributed by atoms with E-state index in [0.29, 0.717) is 38.2 Å². The fourth-order valence-corrected chi connectivity index (χ4v) is 13.6. The number of fused-ring (bicyclic) bond motifs is 5. The minimum absolute atomic E-state index is 0.000745. The molecule has 12 heterocycles. The van der Waals surface area contributed by atoms with E-state index in [1.807, 2.05) is 38.5 Å². The predicted molar refractivity (Wildman–Crippen MR) is 298 cm³/mol. The highest BCUT2D eigenvalue weighted by Gasteiger charge is 2.56. The van der Waals surface area contributed by atoms with Gasteiger partial charge in [0.05, 0.1) is 41.6 Å². The van der Waals surface area contributed by atoms with Gasteiger partial charge in [-0.15, -0.1) is 0 Å². The lowest BCUT2D eigenvalue weighted by Crippen LogP contribution is -2.33. The Hall–Kier alpha value is -1.84. The first-order valence-corrected chi connectivity index (χ1v) is 28.5. The Bertz CT molecular complexity index is 2920. The summed E-state index contributed by atoms with van der Waals surface area (Å²) < 4.78 is 54.0. The molecule has 6 saturated heterocycles. The molecule has 16 atom stereocenters. The second-order valence-electron chi connectivity index (χ2n) is 19.3. The van der Waals surface area contributed by atoms with Gasteiger partial charge < -0.3 is 88.0 Å². The second-order valence-corrected chi connectivity index (χ2v) is 24.0. The third-order valence-corrected chi connectivity index (χ3v) is 16.9. The fourth-order valence-electron chi connectivity index (χ4n) is 10.0. The Labute approximate surface area is 490 Å². The predicted octanol–water partition coefficient (Wildman–Crippen LogP) is 4.93. The van der Waals surface area contributed by atoms with Crippen molar-refractivity contribution in [3.05, 3.63) is 58.6 Å². The van der Waals surface area contributed by atoms with Crippen molar-refractivity contribution in [2.45, 2.75) is 163 Å². The van der Waals surface area contributed by atoms with Gasteiger partial charge in [-0.3, -0.25) is 0 Å². The van der Waals surface area contributed by atoms with Gasteiger partial charge in [0.25, 0.3) is 0 Å². The zero-order chi connectivity index (χ0) is 54.9. The van der Waals surface area contributed by atoms with Gasteiger partial charge in [-0.25, -0.2) is 29.9 Å². The highest BCUT2D eigenvalue weighted by atomic mass is 127. The minimum Gasteiger partial charge on any atom is -0.394 e. The van der Waals surface area contributed by atoms with Crippen LogP contribution in [0.15, 0.2) is 37.6 Å². The van der Waals surface area contributed by atoms with Crippen LogP contribution in [-0.4, -0.2) is 178 Å². The number of ether oxygens (including phenoxy) is 8. The number of alkyl halides is 1. The number of aliphatic hydroxyl groups is 6. The van der Waals surface area contributed by atoms with Gasteiger partial charge in [0.15, 0.2) is 35.8 Å². The van der Waals surface area contributed by atoms with E-state index in [2.05, 4.69) is 112 Å². The van der Waals surface area contributed by atoms with Gasteiger partial charge in [0, 0.05) is 29.3 Å². The van der Waals surface area contributed by atoms with Crippen LogP contribution in [0.3, 0.4) is 0 Å². The molecule has 24 nitrogen and oxygen atoms in total. The maximum Gasteiger partial charge on any atom is 0.164 e. The van der Waals surface area contributed by atoms with E-state index in [1.165, 1.54) is 19.0 Å². The van der Waals surface area contributed by atoms with Crippen molar-refractivity contribution < 1.29 is 68.5 Å². The molecule has 0 bridgehead atoms. The van der Waals surface area contributed by atoms with Crippen LogP contribution in [-0.2, 0) is 37.9 Å².